The van der Waals surface area contributed by atoms with Crippen LogP contribution in [0.3, 0.4) is 0 Å². The van der Waals surface area contributed by atoms with Gasteiger partial charge in [-0.05, 0) is 43.3 Å². The number of aromatic nitrogens is 1. The van der Waals surface area contributed by atoms with Crippen LogP contribution in [0.5, 0.6) is 5.75 Å². The van der Waals surface area contributed by atoms with Crippen molar-refractivity contribution in [2.45, 2.75) is 19.1 Å². The fourth-order valence-electron chi connectivity index (χ4n) is 1.81. The number of rotatable bonds is 6. The van der Waals surface area contributed by atoms with Crippen LogP contribution < -0.4 is 15.4 Å². The lowest BCUT2D eigenvalue weighted by atomic mass is 10.2. The standard InChI is InChI=1S/C16H15ClF3N3O2/c1-10(15(24)23-14-7-2-11(17)8-21-14)22-12-3-5-13(6-4-12)25-9-16(18,19)20/h2-8,10,22H,9H2,1H3,(H,21,23,24). The first-order valence-corrected chi connectivity index (χ1v) is 7.59. The number of hydrogen-bond donors (Lipinski definition) is 2. The minimum absolute atomic E-state index is 0.0883. The quantitative estimate of drug-likeness (QED) is 0.799. The first-order valence-electron chi connectivity index (χ1n) is 7.21. The van der Waals surface area contributed by atoms with Gasteiger partial charge in [-0.25, -0.2) is 4.98 Å². The van der Waals surface area contributed by atoms with Crippen molar-refractivity contribution in [3.05, 3.63) is 47.6 Å². The molecule has 0 radical (unpaired) electrons. The molecule has 5 nitrogen and oxygen atoms in total. The first-order chi connectivity index (χ1) is 11.7. The van der Waals surface area contributed by atoms with E-state index in [-0.39, 0.29) is 11.7 Å². The predicted octanol–water partition coefficient (Wildman–Crippen LogP) is 4.12. The van der Waals surface area contributed by atoms with E-state index in [0.717, 1.165) is 0 Å². The van der Waals surface area contributed by atoms with Crippen LogP contribution in [0.2, 0.25) is 5.02 Å². The summed E-state index contributed by atoms with van der Waals surface area (Å²) in [6, 6.07) is 8.39. The van der Waals surface area contributed by atoms with E-state index in [4.69, 9.17) is 11.6 Å². The molecule has 9 heteroatoms. The maximum atomic E-state index is 12.1. The van der Waals surface area contributed by atoms with Gasteiger partial charge >= 0.3 is 6.18 Å². The van der Waals surface area contributed by atoms with E-state index < -0.39 is 18.8 Å². The number of carbonyl (C=O) groups excluding carboxylic acids is 1. The molecule has 0 saturated carbocycles. The van der Waals surface area contributed by atoms with Crippen LogP contribution in [-0.2, 0) is 4.79 Å². The Kier molecular flexibility index (Phi) is 6.08. The summed E-state index contributed by atoms with van der Waals surface area (Å²) in [5.74, 6) is 0.122. The lowest BCUT2D eigenvalue weighted by molar-refractivity contribution is -0.153. The number of nitrogens with one attached hydrogen (secondary N) is 2. The molecule has 25 heavy (non-hydrogen) atoms. The zero-order valence-electron chi connectivity index (χ0n) is 13.1. The van der Waals surface area contributed by atoms with Crippen molar-refractivity contribution >= 4 is 29.0 Å². The van der Waals surface area contributed by atoms with E-state index in [1.54, 1.807) is 19.1 Å². The van der Waals surface area contributed by atoms with Crippen molar-refractivity contribution in [3.8, 4) is 5.75 Å². The second-order valence-electron chi connectivity index (χ2n) is 5.15. The summed E-state index contributed by atoms with van der Waals surface area (Å²) in [6.45, 7) is 0.284. The molecule has 1 amide bonds. The molecule has 0 aliphatic heterocycles. The van der Waals surface area contributed by atoms with Gasteiger partial charge in [0.05, 0.1) is 5.02 Å². The fourth-order valence-corrected chi connectivity index (χ4v) is 1.92. The molecule has 1 atom stereocenters. The van der Waals surface area contributed by atoms with E-state index >= 15 is 0 Å². The van der Waals surface area contributed by atoms with E-state index in [1.165, 1.54) is 30.5 Å². The lowest BCUT2D eigenvalue weighted by Gasteiger charge is -2.15. The summed E-state index contributed by atoms with van der Waals surface area (Å²) in [5, 5.41) is 6.00. The maximum Gasteiger partial charge on any atom is 0.422 e. The Morgan fingerprint density at radius 2 is 1.92 bits per heavy atom. The topological polar surface area (TPSA) is 63.2 Å². The summed E-state index contributed by atoms with van der Waals surface area (Å²) in [7, 11) is 0. The molecule has 134 valence electrons. The Bertz CT molecular complexity index is 706. The number of ether oxygens (including phenoxy) is 1. The van der Waals surface area contributed by atoms with Gasteiger partial charge in [-0.1, -0.05) is 11.6 Å². The van der Waals surface area contributed by atoms with E-state index in [1.807, 2.05) is 0 Å². The van der Waals surface area contributed by atoms with Crippen molar-refractivity contribution in [3.63, 3.8) is 0 Å². The van der Waals surface area contributed by atoms with Crippen LogP contribution in [0.4, 0.5) is 24.7 Å². The molecule has 0 saturated heterocycles. The van der Waals surface area contributed by atoms with Gasteiger partial charge in [-0.15, -0.1) is 0 Å². The van der Waals surface area contributed by atoms with Crippen LogP contribution in [0.15, 0.2) is 42.6 Å². The molecule has 0 spiro atoms. The van der Waals surface area contributed by atoms with Crippen molar-refractivity contribution in [2.75, 3.05) is 17.2 Å². The average molecular weight is 374 g/mol. The summed E-state index contributed by atoms with van der Waals surface area (Å²) >= 11 is 5.72. The number of benzene rings is 1. The van der Waals surface area contributed by atoms with Gasteiger partial charge in [0, 0.05) is 11.9 Å². The Labute approximate surface area is 147 Å². The first kappa shape index (κ1) is 18.9. The number of amides is 1. The Morgan fingerprint density at radius 1 is 1.24 bits per heavy atom. The zero-order chi connectivity index (χ0) is 18.4. The second kappa shape index (κ2) is 8.06. The lowest BCUT2D eigenvalue weighted by Crippen LogP contribution is -2.32. The molecule has 1 unspecified atom stereocenters. The van der Waals surface area contributed by atoms with Gasteiger partial charge in [0.25, 0.3) is 0 Å². The van der Waals surface area contributed by atoms with E-state index in [9.17, 15) is 18.0 Å². The zero-order valence-corrected chi connectivity index (χ0v) is 13.9. The molecule has 1 heterocycles. The van der Waals surface area contributed by atoms with E-state index in [2.05, 4.69) is 20.4 Å². The van der Waals surface area contributed by atoms with E-state index in [0.29, 0.717) is 16.5 Å². The van der Waals surface area contributed by atoms with Crippen LogP contribution in [-0.4, -0.2) is 29.7 Å². The van der Waals surface area contributed by atoms with Crippen LogP contribution in [0.1, 0.15) is 6.92 Å². The monoisotopic (exact) mass is 373 g/mol. The minimum atomic E-state index is -4.39. The highest BCUT2D eigenvalue weighted by molar-refractivity contribution is 6.30. The van der Waals surface area contributed by atoms with Gasteiger partial charge in [0.15, 0.2) is 6.61 Å². The molecule has 2 rings (SSSR count). The SMILES string of the molecule is CC(Nc1ccc(OCC(F)(F)F)cc1)C(=O)Nc1ccc(Cl)cn1. The molecular formula is C16H15ClF3N3O2. The second-order valence-corrected chi connectivity index (χ2v) is 5.58. The molecule has 2 aromatic rings. The molecule has 2 N–H and O–H groups in total. The van der Waals surface area contributed by atoms with Crippen LogP contribution >= 0.6 is 11.6 Å². The molecule has 0 fully saturated rings. The number of halogens is 4. The van der Waals surface area contributed by atoms with Gasteiger partial charge in [-0.3, -0.25) is 4.79 Å². The predicted molar refractivity (Wildman–Crippen MR) is 89.0 cm³/mol. The number of anilines is 2. The fraction of sp³-hybridized carbons (Fsp3) is 0.250. The summed E-state index contributed by atoms with van der Waals surface area (Å²) in [5.41, 5.74) is 0.561. The number of carbonyl (C=O) groups is 1. The summed E-state index contributed by atoms with van der Waals surface area (Å²) in [4.78, 5) is 16.0. The Balaban J connectivity index is 1.87. The normalized spacial score (nSPS) is 12.4. The Hall–Kier alpha value is -2.48. The van der Waals surface area contributed by atoms with Gasteiger partial charge in [0.2, 0.25) is 5.91 Å². The highest BCUT2D eigenvalue weighted by Gasteiger charge is 2.28. The molecule has 0 aliphatic carbocycles. The molecule has 1 aromatic carbocycles. The van der Waals surface area contributed by atoms with Crippen molar-refractivity contribution < 1.29 is 22.7 Å². The van der Waals surface area contributed by atoms with Gasteiger partial charge < -0.3 is 15.4 Å². The molecular weight excluding hydrogens is 359 g/mol. The molecule has 0 aliphatic rings. The highest BCUT2D eigenvalue weighted by atomic mass is 35.5. The van der Waals surface area contributed by atoms with Gasteiger partial charge in [0.1, 0.15) is 17.6 Å². The number of alkyl halides is 3. The van der Waals surface area contributed by atoms with Crippen molar-refractivity contribution in [1.29, 1.82) is 0 Å². The molecule has 0 bridgehead atoms. The van der Waals surface area contributed by atoms with Crippen molar-refractivity contribution in [1.82, 2.24) is 4.98 Å². The third kappa shape index (κ3) is 6.50. The van der Waals surface area contributed by atoms with Crippen molar-refractivity contribution in [2.24, 2.45) is 0 Å². The summed E-state index contributed by atoms with van der Waals surface area (Å²) in [6.07, 6.45) is -2.98. The highest BCUT2D eigenvalue weighted by Crippen LogP contribution is 2.20. The largest absolute Gasteiger partial charge is 0.484 e. The number of hydrogen-bond acceptors (Lipinski definition) is 4. The summed E-state index contributed by atoms with van der Waals surface area (Å²) < 4.78 is 40.9. The number of pyridine rings is 1. The van der Waals surface area contributed by atoms with Crippen LogP contribution in [0, 0.1) is 0 Å². The maximum absolute atomic E-state index is 12.1. The third-order valence-electron chi connectivity index (χ3n) is 3.01. The third-order valence-corrected chi connectivity index (χ3v) is 3.24. The Morgan fingerprint density at radius 3 is 2.48 bits per heavy atom. The average Bonchev–Trinajstić information content (AvgIpc) is 2.55. The van der Waals surface area contributed by atoms with Crippen LogP contribution in [0.25, 0.3) is 0 Å². The smallest absolute Gasteiger partial charge is 0.422 e. The van der Waals surface area contributed by atoms with Gasteiger partial charge in [-0.2, -0.15) is 13.2 Å². The minimum Gasteiger partial charge on any atom is -0.484 e. The molecule has 1 aromatic heterocycles. The number of nitrogens with zero attached hydrogens (tertiary/aromatic N) is 1.